The molecule has 0 atom stereocenters. The van der Waals surface area contributed by atoms with Crippen LogP contribution in [0.3, 0.4) is 0 Å². The van der Waals surface area contributed by atoms with Crippen molar-refractivity contribution >= 4 is 45.2 Å². The van der Waals surface area contributed by atoms with Crippen molar-refractivity contribution < 1.29 is 4.79 Å². The van der Waals surface area contributed by atoms with Crippen LogP contribution in [0.4, 0.5) is 5.69 Å². The maximum absolute atomic E-state index is 11.9. The first-order valence-electron chi connectivity index (χ1n) is 8.25. The summed E-state index contributed by atoms with van der Waals surface area (Å²) in [4.78, 5) is 12.6. The van der Waals surface area contributed by atoms with Gasteiger partial charge in [-0.15, -0.1) is 10.2 Å². The van der Waals surface area contributed by atoms with Crippen molar-refractivity contribution in [1.82, 2.24) is 25.1 Å². The summed E-state index contributed by atoms with van der Waals surface area (Å²) in [7, 11) is 0. The highest BCUT2D eigenvalue weighted by Gasteiger charge is 2.15. The molecule has 3 rings (SSSR count). The summed E-state index contributed by atoms with van der Waals surface area (Å²) in [5.74, 6) is 0.948. The molecule has 0 aliphatic heterocycles. The first-order chi connectivity index (χ1) is 12.3. The van der Waals surface area contributed by atoms with Crippen LogP contribution in [0, 0.1) is 19.8 Å². The molecule has 0 saturated heterocycles. The molecule has 0 aliphatic carbocycles. The molecule has 136 valence electrons. The van der Waals surface area contributed by atoms with Crippen molar-refractivity contribution in [3.8, 4) is 10.6 Å². The molecule has 1 aromatic carbocycles. The molecular weight excluding hydrogens is 368 g/mol. The van der Waals surface area contributed by atoms with Gasteiger partial charge in [-0.1, -0.05) is 37.3 Å². The number of nitrogens with one attached hydrogen (secondary N) is 2. The Hall–Kier alpha value is -2.39. The number of anilines is 1. The van der Waals surface area contributed by atoms with Crippen LogP contribution in [0.15, 0.2) is 18.2 Å². The fraction of sp³-hybridized carbons (Fsp3) is 0.353. The summed E-state index contributed by atoms with van der Waals surface area (Å²) in [6.45, 7) is 7.84. The van der Waals surface area contributed by atoms with Crippen LogP contribution < -0.4 is 10.6 Å². The largest absolute Gasteiger partial charge is 0.332 e. The van der Waals surface area contributed by atoms with E-state index < -0.39 is 0 Å². The Morgan fingerprint density at radius 2 is 2.08 bits per heavy atom. The predicted molar refractivity (Wildman–Crippen MR) is 107 cm³/mol. The average Bonchev–Trinajstić information content (AvgIpc) is 3.11. The molecular formula is C17H20N6OS2. The van der Waals surface area contributed by atoms with Crippen LogP contribution in [0.1, 0.15) is 31.7 Å². The number of hydrogen-bond donors (Lipinski definition) is 2. The van der Waals surface area contributed by atoms with Crippen LogP contribution in [0.25, 0.3) is 15.5 Å². The summed E-state index contributed by atoms with van der Waals surface area (Å²) >= 11 is 6.74. The van der Waals surface area contributed by atoms with Crippen LogP contribution in [0.2, 0.25) is 0 Å². The van der Waals surface area contributed by atoms with Crippen LogP contribution in [-0.2, 0) is 4.79 Å². The zero-order chi connectivity index (χ0) is 18.8. The number of benzene rings is 1. The van der Waals surface area contributed by atoms with E-state index >= 15 is 0 Å². The van der Waals surface area contributed by atoms with Crippen molar-refractivity contribution in [2.75, 3.05) is 5.32 Å². The first-order valence-corrected chi connectivity index (χ1v) is 9.47. The summed E-state index contributed by atoms with van der Waals surface area (Å²) in [5.41, 5.74) is 2.82. The summed E-state index contributed by atoms with van der Waals surface area (Å²) < 4.78 is 1.73. The number of carbonyl (C=O) groups is 1. The Balaban J connectivity index is 1.80. The number of rotatable bonds is 4. The van der Waals surface area contributed by atoms with E-state index in [1.165, 1.54) is 11.3 Å². The number of amides is 1. The average molecular weight is 389 g/mol. The van der Waals surface area contributed by atoms with Gasteiger partial charge >= 0.3 is 0 Å². The zero-order valence-electron chi connectivity index (χ0n) is 15.0. The van der Waals surface area contributed by atoms with Crippen LogP contribution in [-0.4, -0.2) is 30.8 Å². The standard InChI is InChI=1S/C17H20N6OS2/c1-9(2)8-14(24)19-16(25)18-13-7-5-6-12(10(13)3)15-22-23-11(4)20-21-17(23)26-15/h5-7,9H,8H2,1-4H3,(H2,18,19,24,25). The number of thiocarbonyl (C=S) groups is 1. The van der Waals surface area contributed by atoms with E-state index in [9.17, 15) is 4.79 Å². The quantitative estimate of drug-likeness (QED) is 0.667. The predicted octanol–water partition coefficient (Wildman–Crippen LogP) is 3.33. The molecule has 0 aliphatic rings. The van der Waals surface area contributed by atoms with Gasteiger partial charge in [-0.25, -0.2) is 0 Å². The molecule has 0 unspecified atom stereocenters. The van der Waals surface area contributed by atoms with E-state index in [1.807, 2.05) is 45.9 Å². The number of carbonyl (C=O) groups excluding carboxylic acids is 1. The second-order valence-corrected chi connectivity index (χ2v) is 7.79. The molecule has 0 radical (unpaired) electrons. The van der Waals surface area contributed by atoms with E-state index in [-0.39, 0.29) is 11.8 Å². The van der Waals surface area contributed by atoms with E-state index in [1.54, 1.807) is 4.52 Å². The molecule has 1 amide bonds. The molecule has 0 fully saturated rings. The third kappa shape index (κ3) is 3.88. The highest BCUT2D eigenvalue weighted by molar-refractivity contribution is 7.80. The summed E-state index contributed by atoms with van der Waals surface area (Å²) in [6, 6.07) is 5.85. The maximum Gasteiger partial charge on any atom is 0.234 e. The van der Waals surface area contributed by atoms with Gasteiger partial charge in [0.25, 0.3) is 0 Å². The molecule has 2 aromatic heterocycles. The Labute approximate surface area is 160 Å². The zero-order valence-corrected chi connectivity index (χ0v) is 16.7. The molecule has 0 spiro atoms. The molecule has 26 heavy (non-hydrogen) atoms. The third-order valence-electron chi connectivity index (χ3n) is 3.81. The summed E-state index contributed by atoms with van der Waals surface area (Å²) in [5, 5.41) is 19.7. The second kappa shape index (κ2) is 7.46. The van der Waals surface area contributed by atoms with Gasteiger partial charge in [-0.2, -0.15) is 9.61 Å². The lowest BCUT2D eigenvalue weighted by Gasteiger charge is -2.14. The Morgan fingerprint density at radius 3 is 2.77 bits per heavy atom. The number of nitrogens with zero attached hydrogens (tertiary/aromatic N) is 4. The van der Waals surface area contributed by atoms with Crippen molar-refractivity contribution in [3.63, 3.8) is 0 Å². The van der Waals surface area contributed by atoms with Crippen molar-refractivity contribution in [1.29, 1.82) is 0 Å². The van der Waals surface area contributed by atoms with Gasteiger partial charge in [-0.05, 0) is 43.6 Å². The number of hydrogen-bond acceptors (Lipinski definition) is 6. The number of aryl methyl sites for hydroxylation is 1. The van der Waals surface area contributed by atoms with E-state index in [4.69, 9.17) is 12.2 Å². The lowest BCUT2D eigenvalue weighted by molar-refractivity contribution is -0.120. The fourth-order valence-electron chi connectivity index (χ4n) is 2.53. The van der Waals surface area contributed by atoms with Crippen LogP contribution in [0.5, 0.6) is 0 Å². The highest BCUT2D eigenvalue weighted by atomic mass is 32.1. The van der Waals surface area contributed by atoms with Gasteiger partial charge in [0.05, 0.1) is 0 Å². The van der Waals surface area contributed by atoms with E-state index in [2.05, 4.69) is 25.9 Å². The van der Waals surface area contributed by atoms with Gasteiger partial charge < -0.3 is 10.6 Å². The third-order valence-corrected chi connectivity index (χ3v) is 4.94. The molecule has 2 N–H and O–H groups in total. The first kappa shape index (κ1) is 18.4. The molecule has 0 bridgehead atoms. The van der Waals surface area contributed by atoms with Crippen LogP contribution >= 0.6 is 23.6 Å². The van der Waals surface area contributed by atoms with Gasteiger partial charge in [0.15, 0.2) is 10.9 Å². The minimum Gasteiger partial charge on any atom is -0.332 e. The van der Waals surface area contributed by atoms with Gasteiger partial charge in [0, 0.05) is 17.7 Å². The second-order valence-electron chi connectivity index (χ2n) is 6.43. The van der Waals surface area contributed by atoms with E-state index in [0.717, 1.165) is 32.6 Å². The minimum atomic E-state index is -0.0876. The van der Waals surface area contributed by atoms with Crippen molar-refractivity contribution in [3.05, 3.63) is 29.6 Å². The molecule has 3 aromatic rings. The summed E-state index contributed by atoms with van der Waals surface area (Å²) in [6.07, 6.45) is 0.438. The highest BCUT2D eigenvalue weighted by Crippen LogP contribution is 2.31. The van der Waals surface area contributed by atoms with Gasteiger partial charge in [0.1, 0.15) is 5.01 Å². The SMILES string of the molecule is Cc1c(NC(=S)NC(=O)CC(C)C)cccc1-c1nn2c(C)nnc2s1. The molecule has 7 nitrogen and oxygen atoms in total. The van der Waals surface area contributed by atoms with Crippen molar-refractivity contribution in [2.24, 2.45) is 5.92 Å². The topological polar surface area (TPSA) is 84.2 Å². The monoisotopic (exact) mass is 388 g/mol. The van der Waals surface area contributed by atoms with Gasteiger partial charge in [0.2, 0.25) is 10.9 Å². The lowest BCUT2D eigenvalue weighted by atomic mass is 10.1. The smallest absolute Gasteiger partial charge is 0.234 e. The normalized spacial score (nSPS) is 11.1. The fourth-order valence-corrected chi connectivity index (χ4v) is 3.72. The minimum absolute atomic E-state index is 0.0876. The molecule has 9 heteroatoms. The Bertz CT molecular complexity index is 975. The Morgan fingerprint density at radius 1 is 1.31 bits per heavy atom. The number of aromatic nitrogens is 4. The van der Waals surface area contributed by atoms with Crippen molar-refractivity contribution in [2.45, 2.75) is 34.1 Å². The molecule has 0 saturated carbocycles. The Kier molecular flexibility index (Phi) is 5.28. The van der Waals surface area contributed by atoms with E-state index in [0.29, 0.717) is 11.5 Å². The number of fused-ring (bicyclic) bond motifs is 1. The lowest BCUT2D eigenvalue weighted by Crippen LogP contribution is -2.34. The molecule has 2 heterocycles. The van der Waals surface area contributed by atoms with Gasteiger partial charge in [-0.3, -0.25) is 4.79 Å². The maximum atomic E-state index is 11.9.